The molecular formula is C19H16FN3O3. The van der Waals surface area contributed by atoms with Crippen molar-refractivity contribution in [3.8, 4) is 5.69 Å². The van der Waals surface area contributed by atoms with Crippen LogP contribution in [0.5, 0.6) is 0 Å². The smallest absolute Gasteiger partial charge is 0.338 e. The van der Waals surface area contributed by atoms with E-state index < -0.39 is 17.7 Å². The number of carbonyl (C=O) groups excluding carboxylic acids is 2. The maximum absolute atomic E-state index is 13.8. The molecule has 0 fully saturated rings. The number of amides is 1. The largest absolute Gasteiger partial charge is 0.462 e. The molecule has 0 radical (unpaired) electrons. The topological polar surface area (TPSA) is 73.2 Å². The third kappa shape index (κ3) is 3.77. The Balaban J connectivity index is 1.71. The predicted octanol–water partition coefficient (Wildman–Crippen LogP) is 3.44. The first-order valence-electron chi connectivity index (χ1n) is 7.97. The molecule has 26 heavy (non-hydrogen) atoms. The Bertz CT molecular complexity index is 935. The highest BCUT2D eigenvalue weighted by Crippen LogP contribution is 2.14. The number of anilines is 1. The highest BCUT2D eigenvalue weighted by Gasteiger charge is 2.13. The molecule has 0 saturated carbocycles. The maximum atomic E-state index is 13.8. The first kappa shape index (κ1) is 17.3. The lowest BCUT2D eigenvalue weighted by Gasteiger charge is -2.05. The van der Waals surface area contributed by atoms with Crippen LogP contribution in [0.4, 0.5) is 10.1 Å². The Morgan fingerprint density at radius 1 is 1.12 bits per heavy atom. The van der Waals surface area contributed by atoms with Crippen molar-refractivity contribution >= 4 is 17.6 Å². The number of carbonyl (C=O) groups is 2. The van der Waals surface area contributed by atoms with E-state index in [-0.39, 0.29) is 11.4 Å². The summed E-state index contributed by atoms with van der Waals surface area (Å²) in [5, 5.41) is 6.77. The molecule has 132 valence electrons. The Hall–Kier alpha value is -3.48. The zero-order chi connectivity index (χ0) is 18.5. The summed E-state index contributed by atoms with van der Waals surface area (Å²) < 4.78 is 20.0. The van der Waals surface area contributed by atoms with Crippen LogP contribution >= 0.6 is 0 Å². The second-order valence-corrected chi connectivity index (χ2v) is 5.35. The molecular weight excluding hydrogens is 337 g/mol. The van der Waals surface area contributed by atoms with Crippen molar-refractivity contribution in [3.63, 3.8) is 0 Å². The molecule has 1 N–H and O–H groups in total. The summed E-state index contributed by atoms with van der Waals surface area (Å²) in [6.07, 6.45) is 1.51. The molecule has 0 saturated heterocycles. The quantitative estimate of drug-likeness (QED) is 0.713. The fraction of sp³-hybridized carbons (Fsp3) is 0.105. The van der Waals surface area contributed by atoms with Gasteiger partial charge in [-0.3, -0.25) is 4.79 Å². The van der Waals surface area contributed by atoms with Gasteiger partial charge in [0.2, 0.25) is 0 Å². The van der Waals surface area contributed by atoms with Crippen LogP contribution in [-0.2, 0) is 4.74 Å². The lowest BCUT2D eigenvalue weighted by atomic mass is 10.2. The molecule has 7 heteroatoms. The van der Waals surface area contributed by atoms with E-state index in [1.165, 1.54) is 23.0 Å². The first-order chi connectivity index (χ1) is 12.6. The number of hydrogen-bond acceptors (Lipinski definition) is 4. The number of rotatable bonds is 5. The number of esters is 1. The number of nitrogens with one attached hydrogen (secondary N) is 1. The average Bonchev–Trinajstić information content (AvgIpc) is 3.13. The van der Waals surface area contributed by atoms with E-state index in [2.05, 4.69) is 10.4 Å². The van der Waals surface area contributed by atoms with E-state index in [1.807, 2.05) is 0 Å². The molecule has 0 unspecified atom stereocenters. The second kappa shape index (κ2) is 7.60. The summed E-state index contributed by atoms with van der Waals surface area (Å²) in [5.41, 5.74) is 1.30. The van der Waals surface area contributed by atoms with E-state index in [9.17, 15) is 14.0 Å². The van der Waals surface area contributed by atoms with Crippen LogP contribution in [0.3, 0.4) is 0 Å². The van der Waals surface area contributed by atoms with Crippen LogP contribution in [0.25, 0.3) is 5.69 Å². The molecule has 3 rings (SSSR count). The monoisotopic (exact) mass is 353 g/mol. The van der Waals surface area contributed by atoms with Gasteiger partial charge in [0.05, 0.1) is 12.2 Å². The van der Waals surface area contributed by atoms with Crippen LogP contribution in [0.2, 0.25) is 0 Å². The van der Waals surface area contributed by atoms with E-state index in [0.29, 0.717) is 17.9 Å². The predicted molar refractivity (Wildman–Crippen MR) is 93.9 cm³/mol. The van der Waals surface area contributed by atoms with Crippen molar-refractivity contribution in [2.24, 2.45) is 0 Å². The Kier molecular flexibility index (Phi) is 5.07. The molecule has 1 aromatic heterocycles. The van der Waals surface area contributed by atoms with Crippen LogP contribution in [0, 0.1) is 5.82 Å². The molecule has 0 aliphatic rings. The minimum Gasteiger partial charge on any atom is -0.462 e. The molecule has 1 amide bonds. The number of aromatic nitrogens is 2. The van der Waals surface area contributed by atoms with E-state index in [0.717, 1.165) is 0 Å². The number of benzene rings is 2. The van der Waals surface area contributed by atoms with Gasteiger partial charge in [0, 0.05) is 11.9 Å². The fourth-order valence-corrected chi connectivity index (χ4v) is 2.32. The molecule has 3 aromatic rings. The summed E-state index contributed by atoms with van der Waals surface area (Å²) >= 11 is 0. The fourth-order valence-electron chi connectivity index (χ4n) is 2.32. The highest BCUT2D eigenvalue weighted by molar-refractivity contribution is 6.03. The van der Waals surface area contributed by atoms with Crippen LogP contribution < -0.4 is 5.32 Å². The van der Waals surface area contributed by atoms with Gasteiger partial charge in [0.1, 0.15) is 11.5 Å². The Morgan fingerprint density at radius 3 is 2.54 bits per heavy atom. The summed E-state index contributed by atoms with van der Waals surface area (Å²) in [6, 6.07) is 14.0. The third-order valence-corrected chi connectivity index (χ3v) is 3.57. The van der Waals surface area contributed by atoms with Gasteiger partial charge in [-0.25, -0.2) is 13.9 Å². The zero-order valence-corrected chi connectivity index (χ0v) is 14.0. The zero-order valence-electron chi connectivity index (χ0n) is 14.0. The van der Waals surface area contributed by atoms with Crippen molar-refractivity contribution in [3.05, 3.63) is 77.9 Å². The van der Waals surface area contributed by atoms with Gasteiger partial charge in [-0.1, -0.05) is 12.1 Å². The molecule has 6 nitrogen and oxygen atoms in total. The number of halogens is 1. The number of para-hydroxylation sites is 1. The normalized spacial score (nSPS) is 10.4. The number of hydrogen-bond donors (Lipinski definition) is 1. The van der Waals surface area contributed by atoms with Gasteiger partial charge in [0.15, 0.2) is 5.69 Å². The molecule has 0 bridgehead atoms. The van der Waals surface area contributed by atoms with Crippen molar-refractivity contribution in [2.75, 3.05) is 11.9 Å². The van der Waals surface area contributed by atoms with Gasteiger partial charge in [-0.2, -0.15) is 5.10 Å². The minimum atomic E-state index is -0.441. The van der Waals surface area contributed by atoms with Crippen molar-refractivity contribution in [1.29, 1.82) is 0 Å². The highest BCUT2D eigenvalue weighted by atomic mass is 19.1. The number of ether oxygens (including phenoxy) is 1. The molecule has 0 aliphatic heterocycles. The lowest BCUT2D eigenvalue weighted by molar-refractivity contribution is 0.0526. The van der Waals surface area contributed by atoms with E-state index >= 15 is 0 Å². The van der Waals surface area contributed by atoms with Gasteiger partial charge in [-0.05, 0) is 49.4 Å². The summed E-state index contributed by atoms with van der Waals surface area (Å²) in [5.74, 6) is -1.30. The summed E-state index contributed by atoms with van der Waals surface area (Å²) in [7, 11) is 0. The van der Waals surface area contributed by atoms with Crippen LogP contribution in [0.1, 0.15) is 27.8 Å². The van der Waals surface area contributed by atoms with Gasteiger partial charge >= 0.3 is 5.97 Å². The molecule has 0 spiro atoms. The summed E-state index contributed by atoms with van der Waals surface area (Å²) in [6.45, 7) is 2.02. The van der Waals surface area contributed by atoms with Gasteiger partial charge in [0.25, 0.3) is 5.91 Å². The van der Waals surface area contributed by atoms with Gasteiger partial charge < -0.3 is 10.1 Å². The Morgan fingerprint density at radius 2 is 1.85 bits per heavy atom. The van der Waals surface area contributed by atoms with Crippen molar-refractivity contribution in [1.82, 2.24) is 9.78 Å². The summed E-state index contributed by atoms with van der Waals surface area (Å²) in [4.78, 5) is 23.9. The third-order valence-electron chi connectivity index (χ3n) is 3.57. The molecule has 1 heterocycles. The van der Waals surface area contributed by atoms with E-state index in [1.54, 1.807) is 49.4 Å². The maximum Gasteiger partial charge on any atom is 0.338 e. The molecule has 2 aromatic carbocycles. The van der Waals surface area contributed by atoms with E-state index in [4.69, 9.17) is 4.74 Å². The second-order valence-electron chi connectivity index (χ2n) is 5.35. The average molecular weight is 353 g/mol. The van der Waals surface area contributed by atoms with Crippen molar-refractivity contribution < 1.29 is 18.7 Å². The SMILES string of the molecule is CCOC(=O)c1ccc(NC(=O)c2ccn(-c3ccccc3F)n2)cc1. The first-order valence-corrected chi connectivity index (χ1v) is 7.97. The minimum absolute atomic E-state index is 0.141. The molecule has 0 atom stereocenters. The Labute approximate surface area is 149 Å². The lowest BCUT2D eigenvalue weighted by Crippen LogP contribution is -2.13. The van der Waals surface area contributed by atoms with Gasteiger partial charge in [-0.15, -0.1) is 0 Å². The standard InChI is InChI=1S/C19H16FN3O3/c1-2-26-19(25)13-7-9-14(10-8-13)21-18(24)16-11-12-23(22-16)17-6-4-3-5-15(17)20/h3-12H,2H2,1H3,(H,21,24). The van der Waals surface area contributed by atoms with Crippen LogP contribution in [-0.4, -0.2) is 28.3 Å². The molecule has 0 aliphatic carbocycles. The van der Waals surface area contributed by atoms with Crippen molar-refractivity contribution in [2.45, 2.75) is 6.92 Å². The van der Waals surface area contributed by atoms with Crippen LogP contribution in [0.15, 0.2) is 60.8 Å². The number of nitrogens with zero attached hydrogens (tertiary/aromatic N) is 2.